The Bertz CT molecular complexity index is 699. The van der Waals surface area contributed by atoms with Crippen molar-refractivity contribution in [3.63, 3.8) is 0 Å². The van der Waals surface area contributed by atoms with Crippen LogP contribution in [0.15, 0.2) is 29.5 Å². The number of allylic oxidation sites excluding steroid dienone is 1. The molecular formula is C18H25N3O3S. The Morgan fingerprint density at radius 1 is 1.24 bits per heavy atom. The zero-order chi connectivity index (χ0) is 18.6. The van der Waals surface area contributed by atoms with Gasteiger partial charge in [0.1, 0.15) is 0 Å². The fourth-order valence-electron chi connectivity index (χ4n) is 3.03. The second kappa shape index (κ2) is 8.20. The Hall–Kier alpha value is -2.28. The summed E-state index contributed by atoms with van der Waals surface area (Å²) in [5.74, 6) is 1.17. The van der Waals surface area contributed by atoms with E-state index in [2.05, 4.69) is 10.6 Å². The highest BCUT2D eigenvalue weighted by atomic mass is 32.1. The van der Waals surface area contributed by atoms with Crippen LogP contribution in [-0.2, 0) is 4.79 Å². The molecule has 0 saturated carbocycles. The molecule has 0 fully saturated rings. The van der Waals surface area contributed by atoms with E-state index in [0.29, 0.717) is 35.3 Å². The van der Waals surface area contributed by atoms with Gasteiger partial charge in [-0.3, -0.25) is 4.79 Å². The number of nitrogens with zero attached hydrogens (tertiary/aromatic N) is 1. The standard InChI is InChI=1S/C18H25N3O3S/c1-6-21(7-2)17(22)14-11(3)19-18(25)20-15(14)12-9-8-10-13(23-4)16(12)24-5/h8-10,15H,6-7H2,1-5H3,(H2,19,20,25)/t15-/m0/s1. The molecule has 1 heterocycles. The minimum atomic E-state index is -0.410. The van der Waals surface area contributed by atoms with Crippen molar-refractivity contribution in [3.8, 4) is 11.5 Å². The number of benzene rings is 1. The molecule has 1 aromatic rings. The first kappa shape index (κ1) is 19.1. The van der Waals surface area contributed by atoms with Crippen LogP contribution in [0, 0.1) is 0 Å². The number of likely N-dealkylation sites (N-methyl/N-ethyl adjacent to an activating group) is 1. The van der Waals surface area contributed by atoms with E-state index in [4.69, 9.17) is 21.7 Å². The summed E-state index contributed by atoms with van der Waals surface area (Å²) in [5, 5.41) is 6.74. The normalized spacial score (nSPS) is 16.8. The Morgan fingerprint density at radius 2 is 1.92 bits per heavy atom. The molecule has 0 aromatic heterocycles. The van der Waals surface area contributed by atoms with Crippen LogP contribution in [0.2, 0.25) is 0 Å². The Morgan fingerprint density at radius 3 is 2.48 bits per heavy atom. The maximum atomic E-state index is 13.1. The average Bonchev–Trinajstić information content (AvgIpc) is 2.61. The summed E-state index contributed by atoms with van der Waals surface area (Å²) < 4.78 is 11.0. The molecule has 1 amide bonds. The highest BCUT2D eigenvalue weighted by molar-refractivity contribution is 7.80. The van der Waals surface area contributed by atoms with Crippen LogP contribution in [0.5, 0.6) is 11.5 Å². The number of carbonyl (C=O) groups excluding carboxylic acids is 1. The van der Waals surface area contributed by atoms with Crippen LogP contribution in [0.3, 0.4) is 0 Å². The van der Waals surface area contributed by atoms with E-state index >= 15 is 0 Å². The predicted octanol–water partition coefficient (Wildman–Crippen LogP) is 2.37. The van der Waals surface area contributed by atoms with Crippen molar-refractivity contribution in [2.75, 3.05) is 27.3 Å². The quantitative estimate of drug-likeness (QED) is 0.757. The van der Waals surface area contributed by atoms with E-state index in [1.807, 2.05) is 39.0 Å². The van der Waals surface area contributed by atoms with Crippen LogP contribution in [0.1, 0.15) is 32.4 Å². The third kappa shape index (κ3) is 3.71. The van der Waals surface area contributed by atoms with Crippen LogP contribution in [0.25, 0.3) is 0 Å². The summed E-state index contributed by atoms with van der Waals surface area (Å²) in [4.78, 5) is 14.9. The summed E-state index contributed by atoms with van der Waals surface area (Å²) >= 11 is 5.31. The molecule has 7 heteroatoms. The lowest BCUT2D eigenvalue weighted by atomic mass is 9.93. The molecule has 1 atom stereocenters. The van der Waals surface area contributed by atoms with Gasteiger partial charge in [-0.25, -0.2) is 0 Å². The molecule has 2 rings (SSSR count). The minimum Gasteiger partial charge on any atom is -0.493 e. The highest BCUT2D eigenvalue weighted by Gasteiger charge is 2.34. The van der Waals surface area contributed by atoms with Crippen molar-refractivity contribution in [3.05, 3.63) is 35.0 Å². The predicted molar refractivity (Wildman–Crippen MR) is 102 cm³/mol. The molecule has 0 spiro atoms. The summed E-state index contributed by atoms with van der Waals surface area (Å²) in [6.07, 6.45) is 0. The number of nitrogens with one attached hydrogen (secondary N) is 2. The van der Waals surface area contributed by atoms with E-state index in [9.17, 15) is 4.79 Å². The van der Waals surface area contributed by atoms with Crippen molar-refractivity contribution < 1.29 is 14.3 Å². The van der Waals surface area contributed by atoms with Crippen molar-refractivity contribution in [2.45, 2.75) is 26.8 Å². The third-order valence-electron chi connectivity index (χ3n) is 4.29. The van der Waals surface area contributed by atoms with Crippen LogP contribution in [0.4, 0.5) is 0 Å². The molecule has 0 aliphatic carbocycles. The second-order valence-electron chi connectivity index (χ2n) is 5.63. The average molecular weight is 363 g/mol. The van der Waals surface area contributed by atoms with E-state index < -0.39 is 6.04 Å². The number of methoxy groups -OCH3 is 2. The van der Waals surface area contributed by atoms with Gasteiger partial charge >= 0.3 is 0 Å². The van der Waals surface area contributed by atoms with Crippen LogP contribution < -0.4 is 20.1 Å². The smallest absolute Gasteiger partial charge is 0.253 e. The molecule has 25 heavy (non-hydrogen) atoms. The number of rotatable bonds is 6. The summed E-state index contributed by atoms with van der Waals surface area (Å²) in [7, 11) is 3.17. The van der Waals surface area contributed by atoms with Gasteiger partial charge in [-0.15, -0.1) is 0 Å². The number of carbonyl (C=O) groups is 1. The zero-order valence-electron chi connectivity index (χ0n) is 15.3. The largest absolute Gasteiger partial charge is 0.493 e. The van der Waals surface area contributed by atoms with E-state index in [-0.39, 0.29) is 5.91 Å². The number of ether oxygens (including phenoxy) is 2. The number of thiocarbonyl (C=S) groups is 1. The van der Waals surface area contributed by atoms with Gasteiger partial charge in [0.25, 0.3) is 5.91 Å². The first-order valence-corrected chi connectivity index (χ1v) is 8.67. The lowest BCUT2D eigenvalue weighted by Gasteiger charge is -2.33. The molecular weight excluding hydrogens is 338 g/mol. The maximum Gasteiger partial charge on any atom is 0.253 e. The van der Waals surface area contributed by atoms with Gasteiger partial charge < -0.3 is 25.0 Å². The van der Waals surface area contributed by atoms with Crippen molar-refractivity contribution in [1.29, 1.82) is 0 Å². The fourth-order valence-corrected chi connectivity index (χ4v) is 3.30. The van der Waals surface area contributed by atoms with Gasteiger partial charge in [0, 0.05) is 24.4 Å². The minimum absolute atomic E-state index is 0.0279. The number of hydrogen-bond acceptors (Lipinski definition) is 4. The van der Waals surface area contributed by atoms with Crippen LogP contribution >= 0.6 is 12.2 Å². The van der Waals surface area contributed by atoms with Gasteiger partial charge in [-0.1, -0.05) is 12.1 Å². The van der Waals surface area contributed by atoms with Crippen molar-refractivity contribution >= 4 is 23.2 Å². The zero-order valence-corrected chi connectivity index (χ0v) is 16.1. The molecule has 136 valence electrons. The van der Waals surface area contributed by atoms with Crippen molar-refractivity contribution in [2.24, 2.45) is 0 Å². The van der Waals surface area contributed by atoms with Gasteiger partial charge in [0.15, 0.2) is 16.6 Å². The molecule has 1 aliphatic heterocycles. The molecule has 0 unspecified atom stereocenters. The topological polar surface area (TPSA) is 62.8 Å². The molecule has 0 bridgehead atoms. The monoisotopic (exact) mass is 363 g/mol. The molecule has 0 saturated heterocycles. The molecule has 2 N–H and O–H groups in total. The number of hydrogen-bond donors (Lipinski definition) is 2. The lowest BCUT2D eigenvalue weighted by Crippen LogP contribution is -2.47. The molecule has 0 radical (unpaired) electrons. The van der Waals surface area contributed by atoms with Gasteiger partial charge in [-0.05, 0) is 39.1 Å². The van der Waals surface area contributed by atoms with E-state index in [1.165, 1.54) is 0 Å². The first-order valence-electron chi connectivity index (χ1n) is 8.26. The van der Waals surface area contributed by atoms with Gasteiger partial charge in [0.2, 0.25) is 0 Å². The number of para-hydroxylation sites is 1. The number of amides is 1. The lowest BCUT2D eigenvalue weighted by molar-refractivity contribution is -0.127. The van der Waals surface area contributed by atoms with Gasteiger partial charge in [-0.2, -0.15) is 0 Å². The van der Waals surface area contributed by atoms with Crippen molar-refractivity contribution in [1.82, 2.24) is 15.5 Å². The Kier molecular flexibility index (Phi) is 6.25. The molecule has 1 aliphatic rings. The first-order chi connectivity index (χ1) is 12.0. The summed E-state index contributed by atoms with van der Waals surface area (Å²) in [6.45, 7) is 7.07. The van der Waals surface area contributed by atoms with Gasteiger partial charge in [0.05, 0.1) is 25.8 Å². The SMILES string of the molecule is CCN(CC)C(=O)C1=C(C)NC(=S)N[C@H]1c1cccc(OC)c1OC. The van der Waals surface area contributed by atoms with E-state index in [0.717, 1.165) is 11.3 Å². The molecule has 6 nitrogen and oxygen atoms in total. The van der Waals surface area contributed by atoms with E-state index in [1.54, 1.807) is 19.1 Å². The summed E-state index contributed by atoms with van der Waals surface area (Å²) in [6, 6.07) is 5.20. The third-order valence-corrected chi connectivity index (χ3v) is 4.51. The Labute approximate surface area is 154 Å². The summed E-state index contributed by atoms with van der Waals surface area (Å²) in [5.41, 5.74) is 2.18. The maximum absolute atomic E-state index is 13.1. The molecule has 1 aromatic carbocycles. The Balaban J connectivity index is 2.59. The fraction of sp³-hybridized carbons (Fsp3) is 0.444. The van der Waals surface area contributed by atoms with Crippen LogP contribution in [-0.4, -0.2) is 43.2 Å². The highest BCUT2D eigenvalue weighted by Crippen LogP contribution is 2.39. The second-order valence-corrected chi connectivity index (χ2v) is 6.04.